The van der Waals surface area contributed by atoms with E-state index >= 15 is 0 Å². The number of rotatable bonds is 6. The molecule has 0 spiro atoms. The molecule has 1 saturated heterocycles. The second kappa shape index (κ2) is 8.91. The monoisotopic (exact) mass is 398 g/mol. The van der Waals surface area contributed by atoms with Gasteiger partial charge in [0.05, 0.1) is 29.4 Å². The Bertz CT molecular complexity index is 877. The van der Waals surface area contributed by atoms with Gasteiger partial charge in [0.1, 0.15) is 0 Å². The van der Waals surface area contributed by atoms with E-state index in [1.54, 1.807) is 18.0 Å². The molecule has 0 unspecified atom stereocenters. The highest BCUT2D eigenvalue weighted by molar-refractivity contribution is 6.00. The van der Waals surface area contributed by atoms with Gasteiger partial charge in [0.2, 0.25) is 0 Å². The maximum atomic E-state index is 13.2. The number of benzene rings is 2. The summed E-state index contributed by atoms with van der Waals surface area (Å²) in [6.45, 7) is 2.84. The maximum Gasteiger partial charge on any atom is 0.270 e. The lowest BCUT2D eigenvalue weighted by molar-refractivity contribution is -0.384. The first kappa shape index (κ1) is 20.6. The predicted octanol–water partition coefficient (Wildman–Crippen LogP) is 2.77. The molecule has 29 heavy (non-hydrogen) atoms. The average molecular weight is 398 g/mol. The number of hydrogen-bond acceptors (Lipinski definition) is 6. The quantitative estimate of drug-likeness (QED) is 0.550. The molecular formula is C21H26N4O4. The van der Waals surface area contributed by atoms with E-state index < -0.39 is 4.92 Å². The topological polar surface area (TPSA) is 79.2 Å². The zero-order valence-corrected chi connectivity index (χ0v) is 17.0. The van der Waals surface area contributed by atoms with Crippen molar-refractivity contribution in [2.24, 2.45) is 0 Å². The molecule has 0 aliphatic carbocycles. The standard InChI is InChI=1S/C21H26N4O4/c1-22(2)17-6-4-16(5-7-17)15-23(3)21(26)19-14-18(25(27)28)8-9-20(19)24-10-12-29-13-11-24/h4-9,14H,10-13,15H2,1-3H3. The molecule has 1 fully saturated rings. The van der Waals surface area contributed by atoms with Gasteiger partial charge in [-0.15, -0.1) is 0 Å². The Morgan fingerprint density at radius 1 is 1.10 bits per heavy atom. The molecule has 3 rings (SSSR count). The van der Waals surface area contributed by atoms with Crippen LogP contribution in [0, 0.1) is 10.1 Å². The molecule has 2 aromatic rings. The van der Waals surface area contributed by atoms with Crippen molar-refractivity contribution in [1.29, 1.82) is 0 Å². The van der Waals surface area contributed by atoms with E-state index in [-0.39, 0.29) is 11.6 Å². The zero-order chi connectivity index (χ0) is 21.0. The van der Waals surface area contributed by atoms with Crippen molar-refractivity contribution in [3.8, 4) is 0 Å². The summed E-state index contributed by atoms with van der Waals surface area (Å²) in [4.78, 5) is 29.6. The van der Waals surface area contributed by atoms with Crippen molar-refractivity contribution in [2.75, 3.05) is 57.2 Å². The third-order valence-corrected chi connectivity index (χ3v) is 4.99. The number of hydrogen-bond donors (Lipinski definition) is 0. The normalized spacial score (nSPS) is 13.8. The lowest BCUT2D eigenvalue weighted by Crippen LogP contribution is -2.38. The Labute approximate surface area is 170 Å². The van der Waals surface area contributed by atoms with E-state index in [9.17, 15) is 14.9 Å². The van der Waals surface area contributed by atoms with Crippen molar-refractivity contribution in [1.82, 2.24) is 4.90 Å². The van der Waals surface area contributed by atoms with Crippen LogP contribution in [-0.2, 0) is 11.3 Å². The summed E-state index contributed by atoms with van der Waals surface area (Å²) in [7, 11) is 5.66. The first-order valence-electron chi connectivity index (χ1n) is 9.49. The molecule has 154 valence electrons. The Kier molecular flexibility index (Phi) is 6.33. The minimum Gasteiger partial charge on any atom is -0.378 e. The number of nitro benzene ring substituents is 1. The Balaban J connectivity index is 1.85. The molecule has 2 aromatic carbocycles. The minimum absolute atomic E-state index is 0.0888. The highest BCUT2D eigenvalue weighted by Crippen LogP contribution is 2.28. The van der Waals surface area contributed by atoms with Gasteiger partial charge in [-0.3, -0.25) is 14.9 Å². The number of morpholine rings is 1. The molecule has 1 aliphatic heterocycles. The van der Waals surface area contributed by atoms with Gasteiger partial charge in [-0.05, 0) is 23.8 Å². The molecule has 0 aromatic heterocycles. The second-order valence-electron chi connectivity index (χ2n) is 7.28. The molecule has 0 bridgehead atoms. The Morgan fingerprint density at radius 3 is 2.34 bits per heavy atom. The van der Waals surface area contributed by atoms with Crippen molar-refractivity contribution in [3.05, 3.63) is 63.7 Å². The van der Waals surface area contributed by atoms with Gasteiger partial charge >= 0.3 is 0 Å². The largest absolute Gasteiger partial charge is 0.378 e. The number of anilines is 2. The van der Waals surface area contributed by atoms with Crippen molar-refractivity contribution in [3.63, 3.8) is 0 Å². The second-order valence-corrected chi connectivity index (χ2v) is 7.28. The van der Waals surface area contributed by atoms with Crippen LogP contribution < -0.4 is 9.80 Å². The first-order chi connectivity index (χ1) is 13.9. The summed E-state index contributed by atoms with van der Waals surface area (Å²) in [5.41, 5.74) is 3.03. The third-order valence-electron chi connectivity index (χ3n) is 4.99. The molecule has 0 saturated carbocycles. The third kappa shape index (κ3) is 4.83. The van der Waals surface area contributed by atoms with E-state index in [0.717, 1.165) is 11.3 Å². The lowest BCUT2D eigenvalue weighted by atomic mass is 10.1. The number of nitrogens with zero attached hydrogens (tertiary/aromatic N) is 4. The Hall–Kier alpha value is -3.13. The van der Waals surface area contributed by atoms with Gasteiger partial charge in [-0.2, -0.15) is 0 Å². The molecule has 1 heterocycles. The van der Waals surface area contributed by atoms with E-state index in [2.05, 4.69) is 0 Å². The lowest BCUT2D eigenvalue weighted by Gasteiger charge is -2.31. The summed E-state index contributed by atoms with van der Waals surface area (Å²) in [5, 5.41) is 11.3. The SMILES string of the molecule is CN(Cc1ccc(N(C)C)cc1)C(=O)c1cc([N+](=O)[O-])ccc1N1CCOCC1. The van der Waals surface area contributed by atoms with Gasteiger partial charge in [-0.1, -0.05) is 12.1 Å². The number of amides is 1. The van der Waals surface area contributed by atoms with Crippen molar-refractivity contribution in [2.45, 2.75) is 6.54 Å². The number of nitro groups is 1. The van der Waals surface area contributed by atoms with Gasteiger partial charge in [0.25, 0.3) is 11.6 Å². The van der Waals surface area contributed by atoms with Gasteiger partial charge in [0.15, 0.2) is 0 Å². The summed E-state index contributed by atoms with van der Waals surface area (Å²) >= 11 is 0. The molecular weight excluding hydrogens is 372 g/mol. The van der Waals surface area contributed by atoms with Crippen LogP contribution in [0.3, 0.4) is 0 Å². The molecule has 1 amide bonds. The molecule has 8 heteroatoms. The van der Waals surface area contributed by atoms with Crippen molar-refractivity contribution < 1.29 is 14.5 Å². The summed E-state index contributed by atoms with van der Waals surface area (Å²) in [6.07, 6.45) is 0. The summed E-state index contributed by atoms with van der Waals surface area (Å²) in [6, 6.07) is 12.4. The maximum absolute atomic E-state index is 13.2. The molecule has 0 radical (unpaired) electrons. The summed E-state index contributed by atoms with van der Waals surface area (Å²) in [5.74, 6) is -0.244. The van der Waals surface area contributed by atoms with E-state index in [4.69, 9.17) is 4.74 Å². The van der Waals surface area contributed by atoms with Crippen LogP contribution in [0.2, 0.25) is 0 Å². The van der Waals surface area contributed by atoms with Crippen LogP contribution in [0.25, 0.3) is 0 Å². The minimum atomic E-state index is -0.472. The first-order valence-corrected chi connectivity index (χ1v) is 9.49. The van der Waals surface area contributed by atoms with E-state index in [1.807, 2.05) is 48.2 Å². The van der Waals surface area contributed by atoms with E-state index in [0.29, 0.717) is 44.1 Å². The number of carbonyl (C=O) groups is 1. The highest BCUT2D eigenvalue weighted by atomic mass is 16.6. The number of ether oxygens (including phenoxy) is 1. The van der Waals surface area contributed by atoms with E-state index in [1.165, 1.54) is 12.1 Å². The van der Waals surface area contributed by atoms with Crippen LogP contribution in [0.5, 0.6) is 0 Å². The number of non-ortho nitro benzene ring substituents is 1. The summed E-state index contributed by atoms with van der Waals surface area (Å²) < 4.78 is 5.39. The Morgan fingerprint density at radius 2 is 1.76 bits per heavy atom. The van der Waals surface area contributed by atoms with Crippen LogP contribution in [0.15, 0.2) is 42.5 Å². The van der Waals surface area contributed by atoms with Crippen molar-refractivity contribution >= 4 is 23.0 Å². The highest BCUT2D eigenvalue weighted by Gasteiger charge is 2.24. The van der Waals surface area contributed by atoms with Crippen LogP contribution in [-0.4, -0.2) is 63.2 Å². The smallest absolute Gasteiger partial charge is 0.270 e. The molecule has 0 N–H and O–H groups in total. The molecule has 8 nitrogen and oxygen atoms in total. The van der Waals surface area contributed by atoms with Gasteiger partial charge in [0, 0.05) is 58.6 Å². The molecule has 0 atom stereocenters. The van der Waals surface area contributed by atoms with Gasteiger partial charge in [-0.25, -0.2) is 0 Å². The van der Waals surface area contributed by atoms with Crippen LogP contribution in [0.1, 0.15) is 15.9 Å². The fourth-order valence-electron chi connectivity index (χ4n) is 3.34. The van der Waals surface area contributed by atoms with Crippen LogP contribution >= 0.6 is 0 Å². The van der Waals surface area contributed by atoms with Gasteiger partial charge < -0.3 is 19.4 Å². The fraction of sp³-hybridized carbons (Fsp3) is 0.381. The zero-order valence-electron chi connectivity index (χ0n) is 17.0. The molecule has 1 aliphatic rings. The average Bonchev–Trinajstić information content (AvgIpc) is 2.73. The van der Waals surface area contributed by atoms with Crippen LogP contribution in [0.4, 0.5) is 17.1 Å². The predicted molar refractivity (Wildman–Crippen MR) is 113 cm³/mol. The fourth-order valence-corrected chi connectivity index (χ4v) is 3.34. The number of carbonyl (C=O) groups excluding carboxylic acids is 1.